The summed E-state index contributed by atoms with van der Waals surface area (Å²) in [6, 6.07) is 14.0. The lowest BCUT2D eigenvalue weighted by atomic mass is 10.1. The standard InChI is InChI=1S/C19H16ClNO4S/c20-13-5-7-14(8-6-13)26-12-9-17(22)25-11-10-21-18(23)15-3-1-2-4-16(15)19(21)24/h1-8H,9-12H2. The van der Waals surface area contributed by atoms with E-state index in [-0.39, 0.29) is 37.4 Å². The van der Waals surface area contributed by atoms with E-state index < -0.39 is 0 Å². The van der Waals surface area contributed by atoms with Gasteiger partial charge in [-0.2, -0.15) is 0 Å². The minimum atomic E-state index is -0.358. The highest BCUT2D eigenvalue weighted by Gasteiger charge is 2.34. The lowest BCUT2D eigenvalue weighted by Crippen LogP contribution is -2.33. The number of nitrogens with zero attached hydrogens (tertiary/aromatic N) is 1. The number of rotatable bonds is 7. The summed E-state index contributed by atoms with van der Waals surface area (Å²) >= 11 is 7.35. The molecule has 134 valence electrons. The fourth-order valence-corrected chi connectivity index (χ4v) is 3.51. The molecule has 3 rings (SSSR count). The van der Waals surface area contributed by atoms with E-state index in [2.05, 4.69) is 0 Å². The summed E-state index contributed by atoms with van der Waals surface area (Å²) in [5, 5.41) is 0.668. The zero-order valence-corrected chi connectivity index (χ0v) is 15.4. The van der Waals surface area contributed by atoms with E-state index in [1.54, 1.807) is 36.4 Å². The largest absolute Gasteiger partial charge is 0.464 e. The van der Waals surface area contributed by atoms with Gasteiger partial charge in [-0.15, -0.1) is 11.8 Å². The summed E-state index contributed by atoms with van der Waals surface area (Å²) in [6.45, 7) is 0.0539. The molecule has 0 radical (unpaired) electrons. The van der Waals surface area contributed by atoms with Crippen LogP contribution in [0.4, 0.5) is 0 Å². The van der Waals surface area contributed by atoms with E-state index in [1.807, 2.05) is 12.1 Å². The molecule has 0 N–H and O–H groups in total. The first-order valence-electron chi connectivity index (χ1n) is 8.05. The van der Waals surface area contributed by atoms with Crippen molar-refractivity contribution >= 4 is 41.1 Å². The maximum Gasteiger partial charge on any atom is 0.306 e. The van der Waals surface area contributed by atoms with Gasteiger partial charge in [0.15, 0.2) is 0 Å². The van der Waals surface area contributed by atoms with E-state index in [0.29, 0.717) is 21.9 Å². The summed E-state index contributed by atoms with van der Waals surface area (Å²) in [5.74, 6) is -0.476. The van der Waals surface area contributed by atoms with Gasteiger partial charge in [-0.05, 0) is 36.4 Å². The fraction of sp³-hybridized carbons (Fsp3) is 0.211. The Labute approximate surface area is 160 Å². The smallest absolute Gasteiger partial charge is 0.306 e. The Morgan fingerprint density at radius 1 is 1.00 bits per heavy atom. The maximum absolute atomic E-state index is 12.2. The van der Waals surface area contributed by atoms with Crippen molar-refractivity contribution in [2.75, 3.05) is 18.9 Å². The number of fused-ring (bicyclic) bond motifs is 1. The molecule has 0 atom stereocenters. The van der Waals surface area contributed by atoms with Crippen LogP contribution < -0.4 is 0 Å². The molecule has 0 fully saturated rings. The Kier molecular flexibility index (Phi) is 5.96. The van der Waals surface area contributed by atoms with Crippen molar-refractivity contribution in [2.24, 2.45) is 0 Å². The van der Waals surface area contributed by atoms with Crippen LogP contribution in [0.15, 0.2) is 53.4 Å². The minimum absolute atomic E-state index is 0.00405. The highest BCUT2D eigenvalue weighted by Crippen LogP contribution is 2.22. The second-order valence-corrected chi connectivity index (χ2v) is 7.19. The highest BCUT2D eigenvalue weighted by molar-refractivity contribution is 7.99. The number of esters is 1. The Morgan fingerprint density at radius 2 is 1.62 bits per heavy atom. The topological polar surface area (TPSA) is 63.7 Å². The number of ether oxygens (including phenoxy) is 1. The van der Waals surface area contributed by atoms with Gasteiger partial charge in [0.2, 0.25) is 0 Å². The van der Waals surface area contributed by atoms with Crippen LogP contribution in [0.2, 0.25) is 5.02 Å². The normalized spacial score (nSPS) is 13.0. The molecule has 1 aliphatic heterocycles. The minimum Gasteiger partial charge on any atom is -0.464 e. The predicted octanol–water partition coefficient (Wildman–Crippen LogP) is 3.66. The van der Waals surface area contributed by atoms with Crippen LogP contribution in [0.25, 0.3) is 0 Å². The lowest BCUT2D eigenvalue weighted by molar-refractivity contribution is -0.143. The molecular formula is C19H16ClNO4S. The first-order chi connectivity index (χ1) is 12.6. The molecule has 0 spiro atoms. The van der Waals surface area contributed by atoms with Gasteiger partial charge in [-0.3, -0.25) is 19.3 Å². The van der Waals surface area contributed by atoms with Crippen LogP contribution in [0, 0.1) is 0 Å². The molecule has 2 aromatic carbocycles. The van der Waals surface area contributed by atoms with Crippen LogP contribution in [0.1, 0.15) is 27.1 Å². The summed E-state index contributed by atoms with van der Waals surface area (Å²) in [5.41, 5.74) is 0.784. The Hall–Kier alpha value is -2.31. The number of hydrogen-bond donors (Lipinski definition) is 0. The van der Waals surface area contributed by atoms with E-state index in [0.717, 1.165) is 9.80 Å². The van der Waals surface area contributed by atoms with Gasteiger partial charge in [-0.25, -0.2) is 0 Å². The number of halogens is 1. The van der Waals surface area contributed by atoms with Crippen molar-refractivity contribution in [1.82, 2.24) is 4.90 Å². The SMILES string of the molecule is O=C(CCSc1ccc(Cl)cc1)OCCN1C(=O)c2ccccc2C1=O. The van der Waals surface area contributed by atoms with Crippen molar-refractivity contribution in [3.63, 3.8) is 0 Å². The zero-order valence-electron chi connectivity index (χ0n) is 13.8. The lowest BCUT2D eigenvalue weighted by Gasteiger charge is -2.13. The van der Waals surface area contributed by atoms with Crippen molar-refractivity contribution in [1.29, 1.82) is 0 Å². The number of hydrogen-bond acceptors (Lipinski definition) is 5. The third-order valence-corrected chi connectivity index (χ3v) is 5.11. The van der Waals surface area contributed by atoms with E-state index in [1.165, 1.54) is 11.8 Å². The number of amides is 2. The number of imide groups is 1. The first kappa shape index (κ1) is 18.5. The van der Waals surface area contributed by atoms with Gasteiger partial charge >= 0.3 is 5.97 Å². The number of benzene rings is 2. The second-order valence-electron chi connectivity index (χ2n) is 5.58. The molecule has 1 heterocycles. The van der Waals surface area contributed by atoms with Crippen molar-refractivity contribution < 1.29 is 19.1 Å². The van der Waals surface area contributed by atoms with Crippen LogP contribution in [0.5, 0.6) is 0 Å². The van der Waals surface area contributed by atoms with Gasteiger partial charge in [-0.1, -0.05) is 23.7 Å². The maximum atomic E-state index is 12.2. The van der Waals surface area contributed by atoms with E-state index in [9.17, 15) is 14.4 Å². The quantitative estimate of drug-likeness (QED) is 0.411. The van der Waals surface area contributed by atoms with Crippen molar-refractivity contribution in [3.8, 4) is 0 Å². The Balaban J connectivity index is 1.40. The Morgan fingerprint density at radius 3 is 2.23 bits per heavy atom. The molecule has 0 bridgehead atoms. The van der Waals surface area contributed by atoms with Gasteiger partial charge in [0.05, 0.1) is 24.1 Å². The number of carbonyl (C=O) groups is 3. The van der Waals surface area contributed by atoms with Crippen LogP contribution in [-0.2, 0) is 9.53 Å². The van der Waals surface area contributed by atoms with Gasteiger partial charge in [0.1, 0.15) is 6.61 Å². The molecule has 26 heavy (non-hydrogen) atoms. The second kappa shape index (κ2) is 8.38. The average Bonchev–Trinajstić information content (AvgIpc) is 2.89. The Bertz CT molecular complexity index is 803. The van der Waals surface area contributed by atoms with Crippen LogP contribution >= 0.6 is 23.4 Å². The third kappa shape index (κ3) is 4.26. The van der Waals surface area contributed by atoms with Crippen molar-refractivity contribution in [2.45, 2.75) is 11.3 Å². The number of carbonyl (C=O) groups excluding carboxylic acids is 3. The molecule has 0 saturated heterocycles. The molecule has 0 aliphatic carbocycles. The predicted molar refractivity (Wildman–Crippen MR) is 99.6 cm³/mol. The molecule has 7 heteroatoms. The molecule has 0 aromatic heterocycles. The fourth-order valence-electron chi connectivity index (χ4n) is 2.55. The van der Waals surface area contributed by atoms with Gasteiger partial charge in [0.25, 0.3) is 11.8 Å². The molecule has 5 nitrogen and oxygen atoms in total. The van der Waals surface area contributed by atoms with Crippen LogP contribution in [0.3, 0.4) is 0 Å². The molecule has 0 saturated carbocycles. The summed E-state index contributed by atoms with van der Waals surface area (Å²) in [6.07, 6.45) is 0.245. The van der Waals surface area contributed by atoms with Gasteiger partial charge in [0, 0.05) is 15.7 Å². The average molecular weight is 390 g/mol. The monoisotopic (exact) mass is 389 g/mol. The van der Waals surface area contributed by atoms with E-state index in [4.69, 9.17) is 16.3 Å². The van der Waals surface area contributed by atoms with E-state index >= 15 is 0 Å². The first-order valence-corrected chi connectivity index (χ1v) is 9.42. The molecule has 2 amide bonds. The summed E-state index contributed by atoms with van der Waals surface area (Å²) in [7, 11) is 0. The highest BCUT2D eigenvalue weighted by atomic mass is 35.5. The molecule has 1 aliphatic rings. The summed E-state index contributed by atoms with van der Waals surface area (Å²) < 4.78 is 5.14. The third-order valence-electron chi connectivity index (χ3n) is 3.84. The number of thioether (sulfide) groups is 1. The molecule has 0 unspecified atom stereocenters. The van der Waals surface area contributed by atoms with Gasteiger partial charge < -0.3 is 4.74 Å². The molecular weight excluding hydrogens is 374 g/mol. The van der Waals surface area contributed by atoms with Crippen LogP contribution in [-0.4, -0.2) is 41.6 Å². The molecule has 2 aromatic rings. The zero-order chi connectivity index (χ0) is 18.5. The summed E-state index contributed by atoms with van der Waals surface area (Å²) in [4.78, 5) is 38.3. The van der Waals surface area contributed by atoms with Crippen molar-refractivity contribution in [3.05, 3.63) is 64.7 Å².